The molecule has 1 aliphatic rings. The number of nitrogens with zero attached hydrogens (tertiary/aromatic N) is 4. The van der Waals surface area contributed by atoms with Gasteiger partial charge >= 0.3 is 0 Å². The maximum atomic E-state index is 5.98. The van der Waals surface area contributed by atoms with Gasteiger partial charge < -0.3 is 16.0 Å². The average molecular weight is 304 g/mol. The Kier molecular flexibility index (Phi) is 6.00. The van der Waals surface area contributed by atoms with Crippen LogP contribution in [0, 0.1) is 0 Å². The molecule has 6 heteroatoms. The first kappa shape index (κ1) is 16.5. The minimum absolute atomic E-state index is 0.520. The summed E-state index contributed by atoms with van der Waals surface area (Å²) in [6, 6.07) is 4.59. The van der Waals surface area contributed by atoms with Gasteiger partial charge in [-0.25, -0.2) is 9.98 Å². The lowest BCUT2D eigenvalue weighted by Gasteiger charge is -2.23. The maximum Gasteiger partial charge on any atom is 0.188 e. The normalized spacial score (nSPS) is 19.4. The molecule has 1 aromatic rings. The van der Waals surface area contributed by atoms with Gasteiger partial charge in [-0.1, -0.05) is 6.92 Å². The van der Waals surface area contributed by atoms with E-state index in [1.54, 1.807) is 0 Å². The molecule has 22 heavy (non-hydrogen) atoms. The molecule has 2 heterocycles. The summed E-state index contributed by atoms with van der Waals surface area (Å²) < 4.78 is 0. The lowest BCUT2D eigenvalue weighted by atomic mass is 10.2. The van der Waals surface area contributed by atoms with E-state index in [1.165, 1.54) is 19.4 Å². The second kappa shape index (κ2) is 7.98. The molecule has 0 bridgehead atoms. The number of nitrogens with two attached hydrogens (primary N) is 1. The van der Waals surface area contributed by atoms with Gasteiger partial charge in [0.2, 0.25) is 0 Å². The number of anilines is 1. The molecule has 1 aromatic heterocycles. The molecule has 1 unspecified atom stereocenters. The first-order valence-corrected chi connectivity index (χ1v) is 8.00. The van der Waals surface area contributed by atoms with Crippen molar-refractivity contribution >= 4 is 11.8 Å². The third-order valence-electron chi connectivity index (χ3n) is 4.12. The highest BCUT2D eigenvalue weighted by molar-refractivity contribution is 5.77. The molecule has 0 saturated carbocycles. The summed E-state index contributed by atoms with van der Waals surface area (Å²) >= 11 is 0. The van der Waals surface area contributed by atoms with Crippen LogP contribution in [0.25, 0.3) is 0 Å². The fraction of sp³-hybridized carbons (Fsp3) is 0.625. The van der Waals surface area contributed by atoms with E-state index in [1.807, 2.05) is 37.3 Å². The van der Waals surface area contributed by atoms with E-state index in [0.29, 0.717) is 18.5 Å². The van der Waals surface area contributed by atoms with Crippen LogP contribution in [-0.4, -0.2) is 55.6 Å². The molecule has 122 valence electrons. The highest BCUT2D eigenvalue weighted by Crippen LogP contribution is 2.15. The van der Waals surface area contributed by atoms with Crippen molar-refractivity contribution in [2.75, 3.05) is 38.6 Å². The van der Waals surface area contributed by atoms with Crippen molar-refractivity contribution in [1.82, 2.24) is 15.2 Å². The van der Waals surface area contributed by atoms with E-state index in [4.69, 9.17) is 5.73 Å². The summed E-state index contributed by atoms with van der Waals surface area (Å²) in [5, 5.41) is 3.26. The molecular formula is C16H28N6. The Balaban J connectivity index is 1.83. The third-order valence-corrected chi connectivity index (χ3v) is 4.12. The molecule has 3 N–H and O–H groups in total. The van der Waals surface area contributed by atoms with Gasteiger partial charge in [-0.3, -0.25) is 4.90 Å². The summed E-state index contributed by atoms with van der Waals surface area (Å²) in [6.07, 6.45) is 4.33. The fourth-order valence-corrected chi connectivity index (χ4v) is 2.80. The zero-order chi connectivity index (χ0) is 15.9. The summed E-state index contributed by atoms with van der Waals surface area (Å²) in [5.41, 5.74) is 7.09. The van der Waals surface area contributed by atoms with Crippen molar-refractivity contribution in [1.29, 1.82) is 0 Å². The van der Waals surface area contributed by atoms with Gasteiger partial charge in [0.05, 0.1) is 6.54 Å². The Hall–Kier alpha value is -1.82. The molecule has 0 radical (unpaired) electrons. The van der Waals surface area contributed by atoms with Gasteiger partial charge in [-0.2, -0.15) is 0 Å². The number of aromatic nitrogens is 1. The summed E-state index contributed by atoms with van der Waals surface area (Å²) in [4.78, 5) is 13.2. The van der Waals surface area contributed by atoms with Crippen LogP contribution in [0.5, 0.6) is 0 Å². The monoisotopic (exact) mass is 304 g/mol. The van der Waals surface area contributed by atoms with Crippen LogP contribution in [0.15, 0.2) is 23.3 Å². The molecule has 2 rings (SSSR count). The van der Waals surface area contributed by atoms with Crippen molar-refractivity contribution in [3.8, 4) is 0 Å². The van der Waals surface area contributed by atoms with Crippen LogP contribution < -0.4 is 16.0 Å². The van der Waals surface area contributed by atoms with E-state index in [-0.39, 0.29) is 0 Å². The Morgan fingerprint density at radius 1 is 1.55 bits per heavy atom. The molecule has 6 nitrogen and oxygen atoms in total. The van der Waals surface area contributed by atoms with Crippen LogP contribution in [0.1, 0.15) is 25.3 Å². The maximum absolute atomic E-state index is 5.98. The molecule has 1 fully saturated rings. The quantitative estimate of drug-likeness (QED) is 0.607. The minimum Gasteiger partial charge on any atom is -0.370 e. The SMILES string of the molecule is CCN1CCCC1CNC(N)=NCc1ccnc(N(C)C)c1. The summed E-state index contributed by atoms with van der Waals surface area (Å²) in [5.74, 6) is 1.45. The molecule has 1 saturated heterocycles. The van der Waals surface area contributed by atoms with Gasteiger partial charge in [-0.05, 0) is 43.6 Å². The lowest BCUT2D eigenvalue weighted by molar-refractivity contribution is 0.267. The van der Waals surface area contributed by atoms with Crippen molar-refractivity contribution < 1.29 is 0 Å². The molecule has 0 aromatic carbocycles. The van der Waals surface area contributed by atoms with E-state index in [0.717, 1.165) is 24.5 Å². The second-order valence-electron chi connectivity index (χ2n) is 5.92. The van der Waals surface area contributed by atoms with E-state index in [2.05, 4.69) is 27.1 Å². The highest BCUT2D eigenvalue weighted by Gasteiger charge is 2.22. The third kappa shape index (κ3) is 4.59. The van der Waals surface area contributed by atoms with Gasteiger partial charge in [0.25, 0.3) is 0 Å². The van der Waals surface area contributed by atoms with Gasteiger partial charge in [0.15, 0.2) is 5.96 Å². The minimum atomic E-state index is 0.520. The number of rotatable bonds is 6. The molecule has 1 atom stereocenters. The van der Waals surface area contributed by atoms with Crippen molar-refractivity contribution in [3.05, 3.63) is 23.9 Å². The van der Waals surface area contributed by atoms with E-state index in [9.17, 15) is 0 Å². The number of nitrogens with one attached hydrogen (secondary N) is 1. The number of hydrogen-bond acceptors (Lipinski definition) is 4. The predicted octanol–water partition coefficient (Wildman–Crippen LogP) is 1.04. The van der Waals surface area contributed by atoms with Crippen LogP contribution in [-0.2, 0) is 6.54 Å². The zero-order valence-electron chi connectivity index (χ0n) is 13.9. The van der Waals surface area contributed by atoms with Crippen LogP contribution >= 0.6 is 0 Å². The summed E-state index contributed by atoms with van der Waals surface area (Å²) in [7, 11) is 3.96. The summed E-state index contributed by atoms with van der Waals surface area (Å²) in [6.45, 7) is 5.96. The standard InChI is InChI=1S/C16H28N6/c1-4-22-9-5-6-14(22)12-20-16(17)19-11-13-7-8-18-15(10-13)21(2)3/h7-8,10,14H,4-6,9,11-12H2,1-3H3,(H3,17,19,20). The molecule has 0 amide bonds. The van der Waals surface area contributed by atoms with Gasteiger partial charge in [-0.15, -0.1) is 0 Å². The van der Waals surface area contributed by atoms with Gasteiger partial charge in [0, 0.05) is 32.9 Å². The number of pyridine rings is 1. The molecule has 1 aliphatic heterocycles. The van der Waals surface area contributed by atoms with Crippen molar-refractivity contribution in [2.45, 2.75) is 32.4 Å². The molecular weight excluding hydrogens is 276 g/mol. The molecule has 0 aliphatic carbocycles. The second-order valence-corrected chi connectivity index (χ2v) is 5.92. The number of hydrogen-bond donors (Lipinski definition) is 2. The lowest BCUT2D eigenvalue weighted by Crippen LogP contribution is -2.42. The predicted molar refractivity (Wildman–Crippen MR) is 92.2 cm³/mol. The number of guanidine groups is 1. The van der Waals surface area contributed by atoms with E-state index >= 15 is 0 Å². The average Bonchev–Trinajstić information content (AvgIpc) is 2.98. The first-order chi connectivity index (χ1) is 10.6. The Morgan fingerprint density at radius 2 is 2.36 bits per heavy atom. The Morgan fingerprint density at radius 3 is 3.09 bits per heavy atom. The smallest absolute Gasteiger partial charge is 0.188 e. The van der Waals surface area contributed by atoms with Gasteiger partial charge in [0.1, 0.15) is 5.82 Å². The van der Waals surface area contributed by atoms with Crippen molar-refractivity contribution in [3.63, 3.8) is 0 Å². The topological polar surface area (TPSA) is 69.8 Å². The zero-order valence-corrected chi connectivity index (χ0v) is 13.9. The first-order valence-electron chi connectivity index (χ1n) is 8.00. The number of likely N-dealkylation sites (tertiary alicyclic amines) is 1. The number of aliphatic imine (C=N–C) groups is 1. The van der Waals surface area contributed by atoms with E-state index < -0.39 is 0 Å². The van der Waals surface area contributed by atoms with Crippen LogP contribution in [0.4, 0.5) is 5.82 Å². The highest BCUT2D eigenvalue weighted by atomic mass is 15.2. The Bertz CT molecular complexity index is 499. The van der Waals surface area contributed by atoms with Crippen molar-refractivity contribution in [2.24, 2.45) is 10.7 Å². The van der Waals surface area contributed by atoms with Crippen LogP contribution in [0.3, 0.4) is 0 Å². The molecule has 0 spiro atoms. The largest absolute Gasteiger partial charge is 0.370 e. The fourth-order valence-electron chi connectivity index (χ4n) is 2.80. The Labute approximate surface area is 133 Å². The number of likely N-dealkylation sites (N-methyl/N-ethyl adjacent to an activating group) is 1. The van der Waals surface area contributed by atoms with Crippen LogP contribution in [0.2, 0.25) is 0 Å².